The fourth-order valence-electron chi connectivity index (χ4n) is 6.83. The molecule has 0 bridgehead atoms. The van der Waals surface area contributed by atoms with Gasteiger partial charge >= 0.3 is 0 Å². The third-order valence-corrected chi connectivity index (χ3v) is 9.15. The first kappa shape index (κ1) is 34.3. The molecule has 3 heterocycles. The van der Waals surface area contributed by atoms with Crippen LogP contribution < -0.4 is 25.4 Å². The molecule has 2 atom stereocenters. The Labute approximate surface area is 272 Å². The minimum absolute atomic E-state index is 0. The Bertz CT molecular complexity index is 1250. The van der Waals surface area contributed by atoms with Crippen LogP contribution in [0.2, 0.25) is 0 Å². The molecular weight excluding hydrogens is 606 g/mol. The molecule has 8 nitrogen and oxygen atoms in total. The molecule has 0 spiro atoms. The highest BCUT2D eigenvalue weighted by Gasteiger charge is 2.28. The molecule has 2 amide bonds. The van der Waals surface area contributed by atoms with Gasteiger partial charge in [-0.1, -0.05) is 19.3 Å². The van der Waals surface area contributed by atoms with Gasteiger partial charge in [-0.05, 0) is 79.6 Å². The van der Waals surface area contributed by atoms with E-state index in [9.17, 15) is 14.0 Å². The average molecular weight is 652 g/mol. The molecule has 11 heteroatoms. The maximum absolute atomic E-state index is 14.4. The van der Waals surface area contributed by atoms with Gasteiger partial charge in [-0.15, -0.1) is 24.8 Å². The summed E-state index contributed by atoms with van der Waals surface area (Å²) in [5.74, 6) is 1.60. The third-order valence-electron chi connectivity index (χ3n) is 9.15. The van der Waals surface area contributed by atoms with E-state index in [4.69, 9.17) is 9.47 Å². The van der Waals surface area contributed by atoms with Crippen LogP contribution in [0.25, 0.3) is 0 Å². The zero-order chi connectivity index (χ0) is 28.9. The van der Waals surface area contributed by atoms with Crippen LogP contribution in [0, 0.1) is 5.82 Å². The van der Waals surface area contributed by atoms with E-state index in [1.54, 1.807) is 0 Å². The van der Waals surface area contributed by atoms with E-state index < -0.39 is 0 Å². The second-order valence-electron chi connectivity index (χ2n) is 12.3. The lowest BCUT2D eigenvalue weighted by Crippen LogP contribution is -2.52. The molecule has 242 valence electrons. The highest BCUT2D eigenvalue weighted by Crippen LogP contribution is 2.39. The monoisotopic (exact) mass is 650 g/mol. The summed E-state index contributed by atoms with van der Waals surface area (Å²) < 4.78 is 27.1. The van der Waals surface area contributed by atoms with Gasteiger partial charge in [0.2, 0.25) is 5.91 Å². The first-order valence-corrected chi connectivity index (χ1v) is 15.8. The number of nitrogens with one attached hydrogen (secondary N) is 3. The number of ether oxygens (including phenoxy) is 2. The maximum Gasteiger partial charge on any atom is 0.253 e. The van der Waals surface area contributed by atoms with Crippen LogP contribution in [0.5, 0.6) is 11.5 Å². The number of piperazine rings is 1. The summed E-state index contributed by atoms with van der Waals surface area (Å²) in [5, 5.41) is 9.40. The van der Waals surface area contributed by atoms with Crippen molar-refractivity contribution in [3.05, 3.63) is 58.9 Å². The van der Waals surface area contributed by atoms with Crippen molar-refractivity contribution in [3.63, 3.8) is 0 Å². The number of nitrogens with zero attached hydrogens (tertiary/aromatic N) is 1. The lowest BCUT2D eigenvalue weighted by atomic mass is 9.83. The summed E-state index contributed by atoms with van der Waals surface area (Å²) in [6.07, 6.45) is 9.14. The minimum atomic E-state index is -0.333. The van der Waals surface area contributed by atoms with E-state index in [-0.39, 0.29) is 67.2 Å². The SMILES string of the molecule is Cl.Cl.O=C1CNC(Cc2cc(F)cc(OC3CCN(C(=O)c4ccc(O[C@@H]5CCNC5)c(C5CCCCC5)c4)CC3)c2)CN1. The van der Waals surface area contributed by atoms with Crippen LogP contribution in [-0.4, -0.2) is 74.2 Å². The lowest BCUT2D eigenvalue weighted by Gasteiger charge is -2.33. The maximum atomic E-state index is 14.4. The molecule has 4 aliphatic rings. The van der Waals surface area contributed by atoms with Crippen molar-refractivity contribution in [2.75, 3.05) is 39.3 Å². The smallest absolute Gasteiger partial charge is 0.253 e. The van der Waals surface area contributed by atoms with E-state index in [0.717, 1.165) is 49.2 Å². The molecule has 0 radical (unpaired) electrons. The number of hydrogen-bond acceptors (Lipinski definition) is 6. The van der Waals surface area contributed by atoms with Crippen molar-refractivity contribution in [1.29, 1.82) is 0 Å². The number of rotatable bonds is 8. The first-order valence-electron chi connectivity index (χ1n) is 15.8. The molecule has 1 saturated carbocycles. The van der Waals surface area contributed by atoms with Crippen molar-refractivity contribution < 1.29 is 23.5 Å². The fraction of sp³-hybridized carbons (Fsp3) is 0.576. The standard InChI is InChI=1S/C33H43FN4O4.2ClH/c34-25-14-22(15-26-19-37-32(39)21-36-26)16-29(18-25)41-27-9-12-38(13-10-27)33(40)24-6-7-31(42-28-8-11-35-20-28)30(17-24)23-4-2-1-3-5-23;;/h6-7,14,16-18,23,26-28,35-36H,1-5,8-13,15,19-21H2,(H,37,39);2*1H/t26?,28-;;/m1../s1. The van der Waals surface area contributed by atoms with Gasteiger partial charge in [0.25, 0.3) is 5.91 Å². The molecule has 4 fully saturated rings. The third kappa shape index (κ3) is 8.77. The highest BCUT2D eigenvalue weighted by molar-refractivity contribution is 5.94. The van der Waals surface area contributed by atoms with Gasteiger partial charge in [-0.2, -0.15) is 0 Å². The van der Waals surface area contributed by atoms with Crippen molar-refractivity contribution in [3.8, 4) is 11.5 Å². The summed E-state index contributed by atoms with van der Waals surface area (Å²) in [5.41, 5.74) is 2.75. The number of carbonyl (C=O) groups excluding carboxylic acids is 2. The Balaban J connectivity index is 0.00000221. The Hall–Kier alpha value is -2.59. The summed E-state index contributed by atoms with van der Waals surface area (Å²) in [6.45, 7) is 3.85. The Morgan fingerprint density at radius 2 is 1.70 bits per heavy atom. The molecule has 3 N–H and O–H groups in total. The van der Waals surface area contributed by atoms with Gasteiger partial charge in [-0.3, -0.25) is 9.59 Å². The van der Waals surface area contributed by atoms with E-state index in [2.05, 4.69) is 22.0 Å². The van der Waals surface area contributed by atoms with Crippen LogP contribution in [0.15, 0.2) is 36.4 Å². The molecule has 1 unspecified atom stereocenters. The van der Waals surface area contributed by atoms with Crippen molar-refractivity contribution >= 4 is 36.6 Å². The van der Waals surface area contributed by atoms with Crippen LogP contribution >= 0.6 is 24.8 Å². The zero-order valence-corrected chi connectivity index (χ0v) is 26.8. The fourth-order valence-corrected chi connectivity index (χ4v) is 6.83. The number of benzene rings is 2. The van der Waals surface area contributed by atoms with Gasteiger partial charge < -0.3 is 30.3 Å². The number of halogens is 3. The highest BCUT2D eigenvalue weighted by atomic mass is 35.5. The molecule has 2 aromatic rings. The quantitative estimate of drug-likeness (QED) is 0.381. The van der Waals surface area contributed by atoms with Crippen molar-refractivity contribution in [2.45, 2.75) is 82.0 Å². The van der Waals surface area contributed by atoms with Crippen molar-refractivity contribution in [2.24, 2.45) is 0 Å². The summed E-state index contributed by atoms with van der Waals surface area (Å²) in [6, 6.07) is 10.9. The molecular formula is C33H45Cl2FN4O4. The topological polar surface area (TPSA) is 91.9 Å². The Morgan fingerprint density at radius 3 is 2.41 bits per heavy atom. The molecule has 0 aromatic heterocycles. The zero-order valence-electron chi connectivity index (χ0n) is 25.2. The number of amides is 2. The van der Waals surface area contributed by atoms with Crippen LogP contribution in [0.4, 0.5) is 4.39 Å². The normalized spacial score (nSPS) is 22.8. The van der Waals surface area contributed by atoms with Crippen molar-refractivity contribution in [1.82, 2.24) is 20.9 Å². The van der Waals surface area contributed by atoms with E-state index in [1.165, 1.54) is 37.0 Å². The Kier molecular flexibility index (Phi) is 12.6. The largest absolute Gasteiger partial charge is 0.490 e. The second kappa shape index (κ2) is 16.1. The van der Waals surface area contributed by atoms with Crippen LogP contribution in [0.1, 0.15) is 78.8 Å². The first-order chi connectivity index (χ1) is 20.5. The van der Waals surface area contributed by atoms with E-state index >= 15 is 0 Å². The summed E-state index contributed by atoms with van der Waals surface area (Å²) in [4.78, 5) is 26.9. The lowest BCUT2D eigenvalue weighted by molar-refractivity contribution is -0.121. The minimum Gasteiger partial charge on any atom is -0.490 e. The van der Waals surface area contributed by atoms with Gasteiger partial charge in [0, 0.05) is 56.7 Å². The summed E-state index contributed by atoms with van der Waals surface area (Å²) in [7, 11) is 0. The summed E-state index contributed by atoms with van der Waals surface area (Å²) >= 11 is 0. The van der Waals surface area contributed by atoms with Gasteiger partial charge in [-0.25, -0.2) is 4.39 Å². The molecule has 3 saturated heterocycles. The van der Waals surface area contributed by atoms with Gasteiger partial charge in [0.1, 0.15) is 29.5 Å². The van der Waals surface area contributed by atoms with Crippen LogP contribution in [0.3, 0.4) is 0 Å². The molecule has 3 aliphatic heterocycles. The van der Waals surface area contributed by atoms with Gasteiger partial charge in [0.15, 0.2) is 0 Å². The van der Waals surface area contributed by atoms with E-state index in [0.29, 0.717) is 50.6 Å². The molecule has 1 aliphatic carbocycles. The molecule has 6 rings (SSSR count). The number of likely N-dealkylation sites (tertiary alicyclic amines) is 1. The Morgan fingerprint density at radius 1 is 0.909 bits per heavy atom. The predicted molar refractivity (Wildman–Crippen MR) is 173 cm³/mol. The molecule has 44 heavy (non-hydrogen) atoms. The predicted octanol–water partition coefficient (Wildman–Crippen LogP) is 4.77. The number of piperidine rings is 1. The van der Waals surface area contributed by atoms with Gasteiger partial charge in [0.05, 0.1) is 6.54 Å². The number of carbonyl (C=O) groups is 2. The van der Waals surface area contributed by atoms with E-state index in [1.807, 2.05) is 23.1 Å². The number of hydrogen-bond donors (Lipinski definition) is 3. The molecule has 2 aromatic carbocycles. The average Bonchev–Trinajstić information content (AvgIpc) is 3.52. The van der Waals surface area contributed by atoms with Crippen LogP contribution in [-0.2, 0) is 11.2 Å². The second-order valence-corrected chi connectivity index (χ2v) is 12.3.